The van der Waals surface area contributed by atoms with Crippen molar-refractivity contribution in [3.8, 4) is 11.5 Å². The van der Waals surface area contributed by atoms with Gasteiger partial charge in [0, 0.05) is 5.41 Å². The van der Waals surface area contributed by atoms with Crippen molar-refractivity contribution in [1.29, 1.82) is 0 Å². The first-order valence-corrected chi connectivity index (χ1v) is 10.4. The molecule has 0 bridgehead atoms. The SMILES string of the molecule is CC(C)(C)c1ccc(C(C)(C)COCc2ccc(F)c(Oc3ccccc3)c2)cc1. The third-order valence-corrected chi connectivity index (χ3v) is 5.23. The fraction of sp³-hybridized carbons (Fsp3) is 0.333. The van der Waals surface area contributed by atoms with Crippen LogP contribution in [0, 0.1) is 5.82 Å². The molecular formula is C27H31FO2. The van der Waals surface area contributed by atoms with E-state index >= 15 is 0 Å². The lowest BCUT2D eigenvalue weighted by atomic mass is 9.81. The molecule has 3 rings (SSSR count). The van der Waals surface area contributed by atoms with E-state index in [0.717, 1.165) is 5.56 Å². The van der Waals surface area contributed by atoms with E-state index in [2.05, 4.69) is 58.9 Å². The number of hydrogen-bond donors (Lipinski definition) is 0. The van der Waals surface area contributed by atoms with Crippen molar-refractivity contribution in [3.05, 3.63) is 95.3 Å². The smallest absolute Gasteiger partial charge is 0.165 e. The summed E-state index contributed by atoms with van der Waals surface area (Å²) >= 11 is 0. The van der Waals surface area contributed by atoms with Crippen molar-refractivity contribution >= 4 is 0 Å². The first kappa shape index (κ1) is 22.0. The van der Waals surface area contributed by atoms with Crippen LogP contribution in [0.2, 0.25) is 0 Å². The molecule has 0 unspecified atom stereocenters. The fourth-order valence-electron chi connectivity index (χ4n) is 3.26. The summed E-state index contributed by atoms with van der Waals surface area (Å²) < 4.78 is 25.8. The molecule has 0 spiro atoms. The molecule has 2 nitrogen and oxygen atoms in total. The van der Waals surface area contributed by atoms with Crippen LogP contribution in [0.3, 0.4) is 0 Å². The van der Waals surface area contributed by atoms with Gasteiger partial charge in [-0.2, -0.15) is 0 Å². The first-order chi connectivity index (χ1) is 14.1. The Morgan fingerprint density at radius 1 is 0.767 bits per heavy atom. The monoisotopic (exact) mass is 406 g/mol. The Bertz CT molecular complexity index is 954. The Labute approximate surface area is 179 Å². The summed E-state index contributed by atoms with van der Waals surface area (Å²) in [5, 5.41) is 0. The van der Waals surface area contributed by atoms with Crippen molar-refractivity contribution in [2.24, 2.45) is 0 Å². The van der Waals surface area contributed by atoms with E-state index in [1.165, 1.54) is 17.2 Å². The van der Waals surface area contributed by atoms with Gasteiger partial charge in [-0.25, -0.2) is 4.39 Å². The Kier molecular flexibility index (Phi) is 6.62. The zero-order valence-electron chi connectivity index (χ0n) is 18.5. The van der Waals surface area contributed by atoms with Crippen LogP contribution in [0.1, 0.15) is 51.3 Å². The Hall–Kier alpha value is -2.65. The second-order valence-corrected chi connectivity index (χ2v) is 9.38. The quantitative estimate of drug-likeness (QED) is 0.407. The minimum absolute atomic E-state index is 0.125. The van der Waals surface area contributed by atoms with Crippen LogP contribution in [-0.2, 0) is 22.2 Å². The summed E-state index contributed by atoms with van der Waals surface area (Å²) in [6, 6.07) is 22.8. The normalized spacial score (nSPS) is 12.1. The molecule has 0 N–H and O–H groups in total. The molecule has 0 heterocycles. The zero-order valence-corrected chi connectivity index (χ0v) is 18.5. The highest BCUT2D eigenvalue weighted by Gasteiger charge is 2.22. The van der Waals surface area contributed by atoms with E-state index in [4.69, 9.17) is 9.47 Å². The summed E-state index contributed by atoms with van der Waals surface area (Å²) in [7, 11) is 0. The lowest BCUT2D eigenvalue weighted by molar-refractivity contribution is 0.0823. The van der Waals surface area contributed by atoms with Gasteiger partial charge in [-0.3, -0.25) is 0 Å². The maximum atomic E-state index is 14.1. The molecule has 0 saturated heterocycles. The van der Waals surface area contributed by atoms with E-state index in [0.29, 0.717) is 19.0 Å². The van der Waals surface area contributed by atoms with Gasteiger partial charge in [0.05, 0.1) is 13.2 Å². The van der Waals surface area contributed by atoms with Crippen molar-refractivity contribution in [2.45, 2.75) is 52.1 Å². The molecule has 3 aromatic rings. The minimum atomic E-state index is -0.387. The summed E-state index contributed by atoms with van der Waals surface area (Å²) in [6.45, 7) is 12.0. The Balaban J connectivity index is 1.62. The van der Waals surface area contributed by atoms with E-state index < -0.39 is 0 Å². The summed E-state index contributed by atoms with van der Waals surface area (Å²) in [5.74, 6) is 0.426. The van der Waals surface area contributed by atoms with Gasteiger partial charge < -0.3 is 9.47 Å². The number of hydrogen-bond acceptors (Lipinski definition) is 2. The third kappa shape index (κ3) is 5.70. The number of benzene rings is 3. The topological polar surface area (TPSA) is 18.5 Å². The van der Waals surface area contributed by atoms with Gasteiger partial charge in [0.25, 0.3) is 0 Å². The first-order valence-electron chi connectivity index (χ1n) is 10.4. The summed E-state index contributed by atoms with van der Waals surface area (Å²) in [4.78, 5) is 0. The number of rotatable bonds is 7. The Morgan fingerprint density at radius 2 is 1.40 bits per heavy atom. The minimum Gasteiger partial charge on any atom is -0.454 e. The molecule has 0 aliphatic carbocycles. The maximum absolute atomic E-state index is 14.1. The number of ether oxygens (including phenoxy) is 2. The van der Waals surface area contributed by atoms with Crippen LogP contribution < -0.4 is 4.74 Å². The molecular weight excluding hydrogens is 375 g/mol. The highest BCUT2D eigenvalue weighted by molar-refractivity contribution is 5.35. The van der Waals surface area contributed by atoms with Crippen molar-refractivity contribution in [1.82, 2.24) is 0 Å². The molecule has 0 aliphatic rings. The number of halogens is 1. The van der Waals surface area contributed by atoms with Gasteiger partial charge in [-0.15, -0.1) is 0 Å². The molecule has 0 saturated carbocycles. The Morgan fingerprint density at radius 3 is 2.03 bits per heavy atom. The van der Waals surface area contributed by atoms with E-state index in [1.54, 1.807) is 24.3 Å². The van der Waals surface area contributed by atoms with Crippen LogP contribution in [-0.4, -0.2) is 6.61 Å². The van der Waals surface area contributed by atoms with Crippen molar-refractivity contribution < 1.29 is 13.9 Å². The van der Waals surface area contributed by atoms with Crippen molar-refractivity contribution in [2.75, 3.05) is 6.61 Å². The molecule has 0 amide bonds. The predicted molar refractivity (Wildman–Crippen MR) is 121 cm³/mol. The lowest BCUT2D eigenvalue weighted by Crippen LogP contribution is -2.24. The molecule has 0 atom stereocenters. The number of para-hydroxylation sites is 1. The van der Waals surface area contributed by atoms with Crippen LogP contribution in [0.25, 0.3) is 0 Å². The van der Waals surface area contributed by atoms with Gasteiger partial charge in [0.1, 0.15) is 5.75 Å². The van der Waals surface area contributed by atoms with E-state index in [-0.39, 0.29) is 22.4 Å². The summed E-state index contributed by atoms with van der Waals surface area (Å²) in [6.07, 6.45) is 0. The molecule has 0 fully saturated rings. The van der Waals surface area contributed by atoms with Crippen LogP contribution in [0.15, 0.2) is 72.8 Å². The predicted octanol–water partition coefficient (Wildman–Crippen LogP) is 7.41. The maximum Gasteiger partial charge on any atom is 0.165 e. The van der Waals surface area contributed by atoms with Crippen LogP contribution in [0.4, 0.5) is 4.39 Å². The highest BCUT2D eigenvalue weighted by Crippen LogP contribution is 2.29. The molecule has 3 heteroatoms. The molecule has 0 radical (unpaired) electrons. The van der Waals surface area contributed by atoms with Crippen LogP contribution >= 0.6 is 0 Å². The standard InChI is InChI=1S/C27H31FO2/c1-26(2,3)21-12-14-22(15-13-21)27(4,5)19-29-18-20-11-16-24(28)25(17-20)30-23-9-7-6-8-10-23/h6-17H,18-19H2,1-5H3. The lowest BCUT2D eigenvalue weighted by Gasteiger charge is -2.27. The van der Waals surface area contributed by atoms with Gasteiger partial charge in [-0.1, -0.05) is 83.1 Å². The van der Waals surface area contributed by atoms with E-state index in [9.17, 15) is 4.39 Å². The van der Waals surface area contributed by atoms with Gasteiger partial charge in [-0.05, 0) is 46.4 Å². The van der Waals surface area contributed by atoms with Crippen LogP contribution in [0.5, 0.6) is 11.5 Å². The zero-order chi connectivity index (χ0) is 21.8. The van der Waals surface area contributed by atoms with Gasteiger partial charge >= 0.3 is 0 Å². The fourth-order valence-corrected chi connectivity index (χ4v) is 3.26. The second kappa shape index (κ2) is 9.01. The molecule has 158 valence electrons. The second-order valence-electron chi connectivity index (χ2n) is 9.38. The molecule has 3 aromatic carbocycles. The van der Waals surface area contributed by atoms with Crippen molar-refractivity contribution in [3.63, 3.8) is 0 Å². The summed E-state index contributed by atoms with van der Waals surface area (Å²) in [5.41, 5.74) is 3.45. The van der Waals surface area contributed by atoms with Gasteiger partial charge in [0.15, 0.2) is 11.6 Å². The average molecular weight is 407 g/mol. The highest BCUT2D eigenvalue weighted by atomic mass is 19.1. The van der Waals surface area contributed by atoms with E-state index in [1.807, 2.05) is 18.2 Å². The molecule has 30 heavy (non-hydrogen) atoms. The van der Waals surface area contributed by atoms with Gasteiger partial charge in [0.2, 0.25) is 0 Å². The largest absolute Gasteiger partial charge is 0.454 e. The average Bonchev–Trinajstić information content (AvgIpc) is 2.70. The molecule has 0 aliphatic heterocycles. The third-order valence-electron chi connectivity index (χ3n) is 5.23. The molecule has 0 aromatic heterocycles.